The van der Waals surface area contributed by atoms with Crippen molar-refractivity contribution in [3.05, 3.63) is 11.8 Å². The predicted molar refractivity (Wildman–Crippen MR) is 69.7 cm³/mol. The topological polar surface area (TPSA) is 66.7 Å². The first-order valence-electron chi connectivity index (χ1n) is 6.57. The number of nitrogens with zero attached hydrogens (tertiary/aromatic N) is 3. The highest BCUT2D eigenvalue weighted by Crippen LogP contribution is 2.15. The molecule has 6 heteroatoms. The number of hydrogen-bond donors (Lipinski definition) is 0. The maximum atomic E-state index is 12.0. The van der Waals surface area contributed by atoms with Crippen LogP contribution in [0, 0.1) is 6.92 Å². The molecule has 19 heavy (non-hydrogen) atoms. The molecule has 0 aromatic carbocycles. The van der Waals surface area contributed by atoms with Gasteiger partial charge < -0.3 is 9.42 Å². The Hall–Kier alpha value is -1.85. The van der Waals surface area contributed by atoms with Gasteiger partial charge in [-0.2, -0.15) is 0 Å². The molecule has 2 rings (SSSR count). The molecule has 1 aromatic heterocycles. The van der Waals surface area contributed by atoms with E-state index in [0.717, 1.165) is 25.9 Å². The molecule has 1 fully saturated rings. The highest BCUT2D eigenvalue weighted by atomic mass is 16.5. The van der Waals surface area contributed by atoms with Crippen LogP contribution in [0.5, 0.6) is 0 Å². The van der Waals surface area contributed by atoms with Crippen LogP contribution in [0.25, 0.3) is 0 Å². The normalized spacial score (nSPS) is 14.7. The van der Waals surface area contributed by atoms with E-state index in [0.29, 0.717) is 24.5 Å². The van der Waals surface area contributed by atoms with E-state index in [1.165, 1.54) is 11.8 Å². The van der Waals surface area contributed by atoms with Crippen molar-refractivity contribution in [2.45, 2.75) is 33.1 Å². The van der Waals surface area contributed by atoms with E-state index in [-0.39, 0.29) is 11.8 Å². The van der Waals surface area contributed by atoms with Crippen molar-refractivity contribution in [3.63, 3.8) is 0 Å². The molecule has 0 atom stereocenters. The Bertz CT molecular complexity index is 463. The molecule has 1 aliphatic heterocycles. The number of aryl methyl sites for hydroxylation is 1. The van der Waals surface area contributed by atoms with Gasteiger partial charge in [0, 0.05) is 39.0 Å². The molecule has 0 unspecified atom stereocenters. The van der Waals surface area contributed by atoms with E-state index in [4.69, 9.17) is 4.52 Å². The quantitative estimate of drug-likeness (QED) is 0.824. The molecule has 0 radical (unpaired) electrons. The number of carbonyl (C=O) groups is 2. The Morgan fingerprint density at radius 2 is 2.11 bits per heavy atom. The second kappa shape index (κ2) is 5.86. The Morgan fingerprint density at radius 1 is 1.42 bits per heavy atom. The highest BCUT2D eigenvalue weighted by molar-refractivity contribution is 5.91. The highest BCUT2D eigenvalue weighted by Gasteiger charge is 2.21. The lowest BCUT2D eigenvalue weighted by Gasteiger charge is -2.20. The summed E-state index contributed by atoms with van der Waals surface area (Å²) < 4.78 is 4.96. The summed E-state index contributed by atoms with van der Waals surface area (Å²) in [5.74, 6) is 1.08. The largest absolute Gasteiger partial charge is 0.360 e. The average Bonchev–Trinajstić information content (AvgIpc) is 3.00. The molecule has 2 amide bonds. The van der Waals surface area contributed by atoms with Gasteiger partial charge >= 0.3 is 0 Å². The second-order valence-electron chi connectivity index (χ2n) is 4.80. The van der Waals surface area contributed by atoms with Gasteiger partial charge in [0.2, 0.25) is 11.8 Å². The third-order valence-corrected chi connectivity index (χ3v) is 3.28. The fraction of sp³-hybridized carbons (Fsp3) is 0.615. The van der Waals surface area contributed by atoms with Gasteiger partial charge in [0.05, 0.1) is 0 Å². The van der Waals surface area contributed by atoms with Crippen LogP contribution >= 0.6 is 0 Å². The molecule has 0 bridgehead atoms. The molecule has 2 heterocycles. The fourth-order valence-corrected chi connectivity index (χ4v) is 2.25. The number of likely N-dealkylation sites (tertiary alicyclic amines) is 1. The summed E-state index contributed by atoms with van der Waals surface area (Å²) in [4.78, 5) is 26.9. The fourth-order valence-electron chi connectivity index (χ4n) is 2.25. The Balaban J connectivity index is 1.94. The van der Waals surface area contributed by atoms with Crippen LogP contribution in [0.4, 0.5) is 5.82 Å². The first-order chi connectivity index (χ1) is 9.08. The number of rotatable bonds is 4. The molecule has 1 aliphatic rings. The van der Waals surface area contributed by atoms with Gasteiger partial charge in [-0.3, -0.25) is 14.5 Å². The van der Waals surface area contributed by atoms with E-state index in [2.05, 4.69) is 5.16 Å². The van der Waals surface area contributed by atoms with Crippen molar-refractivity contribution in [1.82, 2.24) is 10.1 Å². The average molecular weight is 265 g/mol. The van der Waals surface area contributed by atoms with Crippen molar-refractivity contribution < 1.29 is 14.1 Å². The summed E-state index contributed by atoms with van der Waals surface area (Å²) >= 11 is 0. The van der Waals surface area contributed by atoms with Crippen LogP contribution in [0.2, 0.25) is 0 Å². The van der Waals surface area contributed by atoms with Gasteiger partial charge in [0.25, 0.3) is 0 Å². The van der Waals surface area contributed by atoms with Crippen molar-refractivity contribution in [2.75, 3.05) is 24.5 Å². The van der Waals surface area contributed by atoms with E-state index < -0.39 is 0 Å². The lowest BCUT2D eigenvalue weighted by molar-refractivity contribution is -0.129. The van der Waals surface area contributed by atoms with Gasteiger partial charge in [-0.1, -0.05) is 5.16 Å². The molecular formula is C13H19N3O3. The Morgan fingerprint density at radius 3 is 2.63 bits per heavy atom. The van der Waals surface area contributed by atoms with Gasteiger partial charge in [0.1, 0.15) is 5.76 Å². The lowest BCUT2D eigenvalue weighted by Crippen LogP contribution is -2.35. The summed E-state index contributed by atoms with van der Waals surface area (Å²) in [6.45, 7) is 5.25. The molecule has 0 saturated carbocycles. The summed E-state index contributed by atoms with van der Waals surface area (Å²) in [5.41, 5.74) is 0. The van der Waals surface area contributed by atoms with Crippen molar-refractivity contribution >= 4 is 17.6 Å². The van der Waals surface area contributed by atoms with Gasteiger partial charge in [-0.05, 0) is 19.8 Å². The van der Waals surface area contributed by atoms with E-state index in [1.54, 1.807) is 13.0 Å². The van der Waals surface area contributed by atoms with Crippen LogP contribution in [0.15, 0.2) is 10.6 Å². The van der Waals surface area contributed by atoms with E-state index in [1.807, 2.05) is 4.90 Å². The molecule has 6 nitrogen and oxygen atoms in total. The number of carbonyl (C=O) groups excluding carboxylic acids is 2. The van der Waals surface area contributed by atoms with Crippen molar-refractivity contribution in [1.29, 1.82) is 0 Å². The molecule has 1 saturated heterocycles. The van der Waals surface area contributed by atoms with Crippen LogP contribution in [0.3, 0.4) is 0 Å². The van der Waals surface area contributed by atoms with Crippen molar-refractivity contribution in [2.24, 2.45) is 0 Å². The standard InChI is InChI=1S/C13H19N3O3/c1-10-9-12(14-19-10)16(11(2)17)8-5-13(18)15-6-3-4-7-15/h9H,3-8H2,1-2H3. The maximum absolute atomic E-state index is 12.0. The third kappa shape index (κ3) is 3.33. The zero-order valence-corrected chi connectivity index (χ0v) is 11.4. The number of aromatic nitrogens is 1. The van der Waals surface area contributed by atoms with Gasteiger partial charge in [0.15, 0.2) is 5.82 Å². The van der Waals surface area contributed by atoms with Crippen LogP contribution in [-0.2, 0) is 9.59 Å². The third-order valence-electron chi connectivity index (χ3n) is 3.28. The van der Waals surface area contributed by atoms with Crippen molar-refractivity contribution in [3.8, 4) is 0 Å². The minimum Gasteiger partial charge on any atom is -0.360 e. The first kappa shape index (κ1) is 13.6. The summed E-state index contributed by atoms with van der Waals surface area (Å²) in [7, 11) is 0. The zero-order valence-electron chi connectivity index (χ0n) is 11.4. The van der Waals surface area contributed by atoms with Gasteiger partial charge in [-0.25, -0.2) is 0 Å². The number of amides is 2. The van der Waals surface area contributed by atoms with Crippen LogP contribution < -0.4 is 4.90 Å². The SMILES string of the molecule is CC(=O)N(CCC(=O)N1CCCC1)c1cc(C)on1. The summed E-state index contributed by atoms with van der Waals surface area (Å²) in [5, 5.41) is 3.82. The van der Waals surface area contributed by atoms with Crippen LogP contribution in [-0.4, -0.2) is 41.5 Å². The van der Waals surface area contributed by atoms with E-state index >= 15 is 0 Å². The summed E-state index contributed by atoms with van der Waals surface area (Å²) in [6, 6.07) is 1.70. The first-order valence-corrected chi connectivity index (χ1v) is 6.57. The lowest BCUT2D eigenvalue weighted by atomic mass is 10.3. The minimum absolute atomic E-state index is 0.101. The molecule has 0 aliphatic carbocycles. The number of hydrogen-bond acceptors (Lipinski definition) is 4. The molecule has 1 aromatic rings. The van der Waals surface area contributed by atoms with Gasteiger partial charge in [-0.15, -0.1) is 0 Å². The second-order valence-corrected chi connectivity index (χ2v) is 4.80. The Labute approximate surface area is 112 Å². The molecule has 104 valence electrons. The monoisotopic (exact) mass is 265 g/mol. The summed E-state index contributed by atoms with van der Waals surface area (Å²) in [6.07, 6.45) is 2.47. The number of anilines is 1. The molecule has 0 spiro atoms. The maximum Gasteiger partial charge on any atom is 0.225 e. The minimum atomic E-state index is -0.137. The zero-order chi connectivity index (χ0) is 13.8. The predicted octanol–water partition coefficient (Wildman–Crippen LogP) is 1.35. The van der Waals surface area contributed by atoms with E-state index in [9.17, 15) is 9.59 Å². The Kier molecular flexibility index (Phi) is 4.19. The van der Waals surface area contributed by atoms with Crippen LogP contribution in [0.1, 0.15) is 31.9 Å². The smallest absolute Gasteiger partial charge is 0.225 e. The molecular weight excluding hydrogens is 246 g/mol. The molecule has 0 N–H and O–H groups in total.